The molecule has 0 radical (unpaired) electrons. The standard InChI is InChI=1S/C10H17O.3ClH.Ti/c1-9(2)7-4-5-10(9,3)8(11)6-7;;;;/h7-8H,4-6H2,1-3H3;3*1H;/q-1;;;;+4/p-3/t7?,8?,10-;;;;/m1..../s1. The van der Waals surface area contributed by atoms with E-state index in [2.05, 4.69) is 20.8 Å². The van der Waals surface area contributed by atoms with Gasteiger partial charge in [0.1, 0.15) is 0 Å². The molecule has 2 saturated carbocycles. The Morgan fingerprint density at radius 2 is 1.67 bits per heavy atom. The molecule has 0 aromatic carbocycles. The third-order valence-electron chi connectivity index (χ3n) is 4.86. The number of hydrogen-bond acceptors (Lipinski definition) is 1. The predicted molar refractivity (Wildman–Crippen MR) is 44.1 cm³/mol. The van der Waals surface area contributed by atoms with Gasteiger partial charge in [0.25, 0.3) is 0 Å². The summed E-state index contributed by atoms with van der Waals surface area (Å²) >= 11 is 1.87. The van der Waals surface area contributed by atoms with E-state index in [4.69, 9.17) is 3.32 Å². The van der Waals surface area contributed by atoms with E-state index in [1.54, 1.807) is 0 Å². The zero-order valence-corrected chi connectivity index (χ0v) is 13.1. The van der Waals surface area contributed by atoms with E-state index in [9.17, 15) is 0 Å². The van der Waals surface area contributed by atoms with E-state index >= 15 is 0 Å². The average Bonchev–Trinajstić information content (AvgIpc) is 2.34. The van der Waals surface area contributed by atoms with Gasteiger partial charge in [0, 0.05) is 0 Å². The Balaban J connectivity index is 0. The molecule has 0 N–H and O–H groups in total. The first-order chi connectivity index (χ1) is 5.52. The molecule has 2 rings (SSSR count). The third-order valence-corrected chi connectivity index (χ3v) is 5.30. The Morgan fingerprint density at radius 1 is 1.13 bits per heavy atom. The van der Waals surface area contributed by atoms with Gasteiger partial charge in [0.2, 0.25) is 0 Å². The normalized spacial score (nSPS) is 40.1. The molecule has 0 aromatic rings. The topological polar surface area (TPSA) is 9.23 Å². The van der Waals surface area contributed by atoms with Crippen molar-refractivity contribution in [1.82, 2.24) is 0 Å². The SMILES string of the molecule is CC1(C)C2CC[C@]1(C)C([O][Ti+3])C2.[Cl-].[Cl-].[Cl-]. The van der Waals surface area contributed by atoms with E-state index in [0.717, 1.165) is 5.92 Å². The maximum Gasteiger partial charge on any atom is -1.00 e. The Morgan fingerprint density at radius 3 is 1.87 bits per heavy atom. The Hall–Kier alpha value is 1.54. The number of hydrogen-bond donors (Lipinski definition) is 0. The van der Waals surface area contributed by atoms with Crippen molar-refractivity contribution in [3.05, 3.63) is 0 Å². The van der Waals surface area contributed by atoms with Gasteiger partial charge in [-0.15, -0.1) is 0 Å². The summed E-state index contributed by atoms with van der Waals surface area (Å²) in [6.45, 7) is 7.25. The molecule has 88 valence electrons. The zero-order chi connectivity index (χ0) is 8.98. The van der Waals surface area contributed by atoms with Crippen LogP contribution in [0.5, 0.6) is 0 Å². The van der Waals surface area contributed by atoms with Crippen molar-refractivity contribution in [2.24, 2.45) is 16.7 Å². The molecular formula is C10H17Cl3OTi. The third kappa shape index (κ3) is 2.39. The molecule has 2 aliphatic carbocycles. The molecule has 2 aliphatic rings. The number of rotatable bonds is 1. The van der Waals surface area contributed by atoms with Gasteiger partial charge in [0.15, 0.2) is 0 Å². The minimum atomic E-state index is 0. The second-order valence-electron chi connectivity index (χ2n) is 5.22. The monoisotopic (exact) mass is 306 g/mol. The van der Waals surface area contributed by atoms with Crippen LogP contribution >= 0.6 is 0 Å². The summed E-state index contributed by atoms with van der Waals surface area (Å²) in [6, 6.07) is 0. The molecule has 15 heavy (non-hydrogen) atoms. The second kappa shape index (κ2) is 5.93. The first kappa shape index (κ1) is 18.9. The fourth-order valence-corrected chi connectivity index (χ4v) is 3.86. The smallest absolute Gasteiger partial charge is 1.00 e. The minimum Gasteiger partial charge on any atom is -1.00 e. The largest absolute Gasteiger partial charge is 1.00 e. The number of halogens is 3. The molecule has 2 unspecified atom stereocenters. The molecule has 5 heteroatoms. The molecule has 0 amide bonds. The molecule has 0 aliphatic heterocycles. The van der Waals surface area contributed by atoms with Crippen molar-refractivity contribution in [2.75, 3.05) is 0 Å². The molecule has 2 fully saturated rings. The van der Waals surface area contributed by atoms with Gasteiger partial charge in [-0.25, -0.2) is 0 Å². The van der Waals surface area contributed by atoms with Crippen LogP contribution < -0.4 is 37.2 Å². The van der Waals surface area contributed by atoms with Crippen LogP contribution in [0.1, 0.15) is 40.0 Å². The van der Waals surface area contributed by atoms with E-state index in [1.807, 2.05) is 20.8 Å². The predicted octanol–water partition coefficient (Wildman–Crippen LogP) is -6.31. The van der Waals surface area contributed by atoms with Gasteiger partial charge in [-0.3, -0.25) is 0 Å². The molecule has 3 atom stereocenters. The summed E-state index contributed by atoms with van der Waals surface area (Å²) in [6.07, 6.45) is 4.60. The first-order valence-corrected chi connectivity index (χ1v) is 5.48. The summed E-state index contributed by atoms with van der Waals surface area (Å²) in [5.41, 5.74) is 0.958. The second-order valence-corrected chi connectivity index (χ2v) is 5.59. The van der Waals surface area contributed by atoms with Crippen molar-refractivity contribution >= 4 is 0 Å². The van der Waals surface area contributed by atoms with Gasteiger partial charge in [-0.1, -0.05) is 0 Å². The van der Waals surface area contributed by atoms with Crippen LogP contribution in [0.25, 0.3) is 0 Å². The fourth-order valence-electron chi connectivity index (χ4n) is 3.31. The van der Waals surface area contributed by atoms with Crippen LogP contribution in [0.3, 0.4) is 0 Å². The molecule has 0 spiro atoms. The van der Waals surface area contributed by atoms with Crippen LogP contribution in [0.15, 0.2) is 0 Å². The summed E-state index contributed by atoms with van der Waals surface area (Å²) < 4.78 is 5.58. The van der Waals surface area contributed by atoms with Gasteiger partial charge in [0.05, 0.1) is 0 Å². The molecular weight excluding hydrogens is 290 g/mol. The van der Waals surface area contributed by atoms with Crippen LogP contribution in [0.2, 0.25) is 0 Å². The summed E-state index contributed by atoms with van der Waals surface area (Å²) in [5, 5.41) is 0. The van der Waals surface area contributed by atoms with Crippen molar-refractivity contribution in [1.29, 1.82) is 0 Å². The van der Waals surface area contributed by atoms with Crippen molar-refractivity contribution in [3.8, 4) is 0 Å². The van der Waals surface area contributed by atoms with E-state index in [-0.39, 0.29) is 37.2 Å². The van der Waals surface area contributed by atoms with E-state index < -0.39 is 0 Å². The Labute approximate surface area is 124 Å². The van der Waals surface area contributed by atoms with Crippen molar-refractivity contribution in [3.63, 3.8) is 0 Å². The van der Waals surface area contributed by atoms with Crippen molar-refractivity contribution in [2.45, 2.75) is 46.1 Å². The quantitative estimate of drug-likeness (QED) is 0.438. The summed E-state index contributed by atoms with van der Waals surface area (Å²) in [7, 11) is 0. The van der Waals surface area contributed by atoms with Crippen molar-refractivity contribution < 1.29 is 61.4 Å². The maximum absolute atomic E-state index is 5.58. The van der Waals surface area contributed by atoms with Crippen LogP contribution in [-0.4, -0.2) is 6.10 Å². The van der Waals surface area contributed by atoms with E-state index in [1.165, 1.54) is 19.3 Å². The molecule has 0 saturated heterocycles. The van der Waals surface area contributed by atoms with Crippen LogP contribution in [0, 0.1) is 16.7 Å². The zero-order valence-electron chi connectivity index (χ0n) is 9.32. The summed E-state index contributed by atoms with van der Waals surface area (Å²) in [4.78, 5) is 0. The first-order valence-electron chi connectivity index (χ1n) is 4.85. The van der Waals surface area contributed by atoms with Crippen LogP contribution in [0.4, 0.5) is 0 Å². The molecule has 1 nitrogen and oxygen atoms in total. The van der Waals surface area contributed by atoms with Gasteiger partial charge in [-0.05, 0) is 0 Å². The van der Waals surface area contributed by atoms with Gasteiger partial charge >= 0.3 is 87.0 Å². The molecule has 0 aromatic heterocycles. The average molecular weight is 307 g/mol. The maximum atomic E-state index is 5.58. The Kier molecular flexibility index (Phi) is 7.47. The summed E-state index contributed by atoms with van der Waals surface area (Å²) in [5.74, 6) is 0.910. The molecule has 0 heterocycles. The van der Waals surface area contributed by atoms with Gasteiger partial charge < -0.3 is 37.2 Å². The number of fused-ring (bicyclic) bond motifs is 2. The fraction of sp³-hybridized carbons (Fsp3) is 1.00. The van der Waals surface area contributed by atoms with E-state index in [0.29, 0.717) is 16.9 Å². The molecule has 2 bridgehead atoms. The van der Waals surface area contributed by atoms with Crippen LogP contribution in [-0.2, 0) is 24.1 Å². The van der Waals surface area contributed by atoms with Gasteiger partial charge in [-0.2, -0.15) is 0 Å². The Bertz CT molecular complexity index is 213. The minimum absolute atomic E-state index is 0.